The molecule has 2 unspecified atom stereocenters. The monoisotopic (exact) mass is 720 g/mol. The molecule has 1 N–H and O–H groups in total. The summed E-state index contributed by atoms with van der Waals surface area (Å²) in [6.45, 7) is 5.21. The van der Waals surface area contributed by atoms with E-state index in [-0.39, 0.29) is 26.1 Å². The molecule has 0 aliphatic rings. The van der Waals surface area contributed by atoms with Gasteiger partial charge in [-0.2, -0.15) is 0 Å². The van der Waals surface area contributed by atoms with E-state index < -0.39 is 32.5 Å². The number of carbonyl (C=O) groups excluding carboxylic acids is 2. The molecule has 2 atom stereocenters. The van der Waals surface area contributed by atoms with E-state index >= 15 is 0 Å². The minimum Gasteiger partial charge on any atom is -0.462 e. The number of allylic oxidation sites excluding steroid dienone is 12. The first-order chi connectivity index (χ1) is 24.3. The van der Waals surface area contributed by atoms with Crippen molar-refractivity contribution in [3.63, 3.8) is 0 Å². The van der Waals surface area contributed by atoms with E-state index in [1.807, 2.05) is 12.2 Å². The predicted octanol–water partition coefficient (Wildman–Crippen LogP) is 11.8. The van der Waals surface area contributed by atoms with Gasteiger partial charge in [0.1, 0.15) is 6.61 Å². The van der Waals surface area contributed by atoms with Crippen LogP contribution in [0.1, 0.15) is 149 Å². The van der Waals surface area contributed by atoms with E-state index in [2.05, 4.69) is 74.6 Å². The van der Waals surface area contributed by atoms with Crippen LogP contribution in [0.15, 0.2) is 72.9 Å². The Morgan fingerprint density at radius 1 is 0.560 bits per heavy atom. The molecule has 0 heterocycles. The van der Waals surface area contributed by atoms with Crippen molar-refractivity contribution in [3.05, 3.63) is 72.9 Å². The van der Waals surface area contributed by atoms with Gasteiger partial charge in [0, 0.05) is 12.8 Å². The van der Waals surface area contributed by atoms with Gasteiger partial charge in [-0.25, -0.2) is 4.57 Å². The van der Waals surface area contributed by atoms with Crippen LogP contribution in [0.4, 0.5) is 0 Å². The van der Waals surface area contributed by atoms with Crippen molar-refractivity contribution in [2.45, 2.75) is 155 Å². The van der Waals surface area contributed by atoms with E-state index in [1.165, 1.54) is 44.9 Å². The van der Waals surface area contributed by atoms with Gasteiger partial charge in [0.2, 0.25) is 0 Å². The molecule has 9 heteroatoms. The molecule has 0 rings (SSSR count). The first-order valence-corrected chi connectivity index (χ1v) is 20.7. The number of phosphoric ester groups is 1. The van der Waals surface area contributed by atoms with Crippen molar-refractivity contribution in [2.75, 3.05) is 19.8 Å². The van der Waals surface area contributed by atoms with Gasteiger partial charge in [0.15, 0.2) is 6.10 Å². The molecule has 0 aromatic heterocycles. The molecule has 8 nitrogen and oxygen atoms in total. The minimum absolute atomic E-state index is 0.0171. The number of hydrogen-bond acceptors (Lipinski definition) is 7. The highest BCUT2D eigenvalue weighted by molar-refractivity contribution is 7.47. The summed E-state index contributed by atoms with van der Waals surface area (Å²) >= 11 is 0. The molecule has 50 heavy (non-hydrogen) atoms. The van der Waals surface area contributed by atoms with Crippen LogP contribution in [-0.4, -0.2) is 42.8 Å². The van der Waals surface area contributed by atoms with Crippen molar-refractivity contribution in [2.24, 2.45) is 0 Å². The summed E-state index contributed by atoms with van der Waals surface area (Å²) < 4.78 is 32.4. The molecule has 0 aliphatic carbocycles. The summed E-state index contributed by atoms with van der Waals surface area (Å²) in [6, 6.07) is 0. The Balaban J connectivity index is 4.25. The molecule has 286 valence electrons. The predicted molar refractivity (Wildman–Crippen MR) is 207 cm³/mol. The number of esters is 2. The fraction of sp³-hybridized carbons (Fsp3) is 0.659. The molecule has 0 bridgehead atoms. The second kappa shape index (κ2) is 36.3. The number of phosphoric acid groups is 1. The van der Waals surface area contributed by atoms with E-state index in [9.17, 15) is 19.0 Å². The lowest BCUT2D eigenvalue weighted by Crippen LogP contribution is -2.29. The maximum Gasteiger partial charge on any atom is 0.472 e. The van der Waals surface area contributed by atoms with E-state index in [1.54, 1.807) is 6.92 Å². The van der Waals surface area contributed by atoms with Gasteiger partial charge in [0.25, 0.3) is 0 Å². The normalized spacial score (nSPS) is 14.2. The van der Waals surface area contributed by atoms with Crippen LogP contribution in [0.25, 0.3) is 0 Å². The Morgan fingerprint density at radius 2 is 1.06 bits per heavy atom. The van der Waals surface area contributed by atoms with Crippen LogP contribution in [0.3, 0.4) is 0 Å². The Hall–Kier alpha value is -2.51. The summed E-state index contributed by atoms with van der Waals surface area (Å²) in [5.41, 5.74) is 0. The molecule has 0 saturated heterocycles. The fourth-order valence-corrected chi connectivity index (χ4v) is 5.49. The summed E-state index contributed by atoms with van der Waals surface area (Å²) in [6.07, 6.45) is 44.0. The molecule has 0 saturated carbocycles. The quantitative estimate of drug-likeness (QED) is 0.0303. The Morgan fingerprint density at radius 3 is 1.62 bits per heavy atom. The highest BCUT2D eigenvalue weighted by atomic mass is 31.2. The number of ether oxygens (including phenoxy) is 2. The largest absolute Gasteiger partial charge is 0.472 e. The fourth-order valence-electron chi connectivity index (χ4n) is 4.73. The highest BCUT2D eigenvalue weighted by Gasteiger charge is 2.25. The van der Waals surface area contributed by atoms with Gasteiger partial charge < -0.3 is 14.4 Å². The lowest BCUT2D eigenvalue weighted by Gasteiger charge is -2.19. The molecule has 0 aromatic rings. The second-order valence-electron chi connectivity index (χ2n) is 12.2. The van der Waals surface area contributed by atoms with Crippen LogP contribution in [0.5, 0.6) is 0 Å². The molecule has 0 amide bonds. The molecular formula is C41H69O8P. The second-order valence-corrected chi connectivity index (χ2v) is 13.7. The van der Waals surface area contributed by atoms with Gasteiger partial charge in [-0.1, -0.05) is 132 Å². The van der Waals surface area contributed by atoms with Crippen molar-refractivity contribution in [3.8, 4) is 0 Å². The number of carbonyl (C=O) groups is 2. The van der Waals surface area contributed by atoms with Gasteiger partial charge >= 0.3 is 19.8 Å². The minimum atomic E-state index is -4.30. The lowest BCUT2D eigenvalue weighted by atomic mass is 10.1. The summed E-state index contributed by atoms with van der Waals surface area (Å²) in [5.74, 6) is -0.909. The zero-order valence-corrected chi connectivity index (χ0v) is 32.4. The summed E-state index contributed by atoms with van der Waals surface area (Å²) in [4.78, 5) is 34.6. The van der Waals surface area contributed by atoms with Gasteiger partial charge in [-0.05, 0) is 77.6 Å². The maximum atomic E-state index is 12.4. The third-order valence-electron chi connectivity index (χ3n) is 7.51. The van der Waals surface area contributed by atoms with Crippen molar-refractivity contribution in [1.29, 1.82) is 0 Å². The Kier molecular flexibility index (Phi) is 34.5. The number of rotatable bonds is 34. The molecule has 0 aromatic carbocycles. The summed E-state index contributed by atoms with van der Waals surface area (Å²) in [5, 5.41) is 0. The van der Waals surface area contributed by atoms with E-state index in [0.717, 1.165) is 64.2 Å². The topological polar surface area (TPSA) is 108 Å². The van der Waals surface area contributed by atoms with Crippen LogP contribution < -0.4 is 0 Å². The zero-order chi connectivity index (χ0) is 36.8. The van der Waals surface area contributed by atoms with Crippen LogP contribution in [-0.2, 0) is 32.7 Å². The third kappa shape index (κ3) is 35.3. The van der Waals surface area contributed by atoms with Crippen LogP contribution in [0.2, 0.25) is 0 Å². The van der Waals surface area contributed by atoms with Gasteiger partial charge in [-0.15, -0.1) is 0 Å². The smallest absolute Gasteiger partial charge is 0.462 e. The molecular weight excluding hydrogens is 651 g/mol. The lowest BCUT2D eigenvalue weighted by molar-refractivity contribution is -0.161. The molecule has 0 aliphatic heterocycles. The molecule has 0 radical (unpaired) electrons. The van der Waals surface area contributed by atoms with Crippen LogP contribution >= 0.6 is 7.82 Å². The third-order valence-corrected chi connectivity index (χ3v) is 8.57. The van der Waals surface area contributed by atoms with E-state index in [0.29, 0.717) is 6.42 Å². The van der Waals surface area contributed by atoms with Crippen molar-refractivity contribution < 1.29 is 37.6 Å². The first-order valence-electron chi connectivity index (χ1n) is 19.2. The average molecular weight is 721 g/mol. The first kappa shape index (κ1) is 47.5. The van der Waals surface area contributed by atoms with Gasteiger partial charge in [0.05, 0.1) is 13.2 Å². The summed E-state index contributed by atoms with van der Waals surface area (Å²) in [7, 11) is -4.30. The number of unbranched alkanes of at least 4 members (excludes halogenated alkanes) is 10. The average Bonchev–Trinajstić information content (AvgIpc) is 3.09. The SMILES string of the molecule is CC/C=C\C/C=C\C/C=C\C/C=C\CCC(=O)OC(COC(=O)CCCCCCCCC/C=C\C/C=C\CCCCC)COP(=O)(O)OCC. The Labute approximate surface area is 304 Å². The van der Waals surface area contributed by atoms with E-state index in [4.69, 9.17) is 18.5 Å². The van der Waals surface area contributed by atoms with Crippen molar-refractivity contribution in [1.82, 2.24) is 0 Å². The van der Waals surface area contributed by atoms with Crippen molar-refractivity contribution >= 4 is 19.8 Å². The van der Waals surface area contributed by atoms with Crippen LogP contribution in [0, 0.1) is 0 Å². The molecule has 0 fully saturated rings. The molecule has 0 spiro atoms. The zero-order valence-electron chi connectivity index (χ0n) is 31.5. The van der Waals surface area contributed by atoms with Gasteiger partial charge in [-0.3, -0.25) is 18.6 Å². The highest BCUT2D eigenvalue weighted by Crippen LogP contribution is 2.43. The Bertz CT molecular complexity index is 1040. The number of hydrogen-bond donors (Lipinski definition) is 1. The maximum absolute atomic E-state index is 12.4. The standard InChI is InChI=1S/C41H69O8P/c1-4-7-9-11-13-15-17-19-20-21-22-24-25-27-29-31-33-35-40(42)46-37-39(38-48-50(44,45)47-6-3)49-41(43)36-34-32-30-28-26-23-18-16-14-12-10-8-5-2/h8,10,13-16,19-20,23,26,30,32,39H,4-7,9,11-12,17-18,21-22,24-25,27-29,31,33-38H2,1-3H3,(H,44,45)/b10-8-,15-13-,16-14-,20-19-,26-23-,32-30-.